The Hall–Kier alpha value is -2.38. The van der Waals surface area contributed by atoms with Gasteiger partial charge in [-0.2, -0.15) is 0 Å². The number of urea groups is 1. The molecule has 1 aromatic rings. The van der Waals surface area contributed by atoms with Crippen LogP contribution in [-0.4, -0.2) is 63.2 Å². The van der Waals surface area contributed by atoms with Crippen LogP contribution in [0.25, 0.3) is 0 Å². The number of hydrogen-bond acceptors (Lipinski definition) is 5. The molecule has 3 rings (SSSR count). The first kappa shape index (κ1) is 22.3. The Labute approximate surface area is 179 Å². The molecule has 0 bridgehead atoms. The highest BCUT2D eigenvalue weighted by Gasteiger charge is 2.53. The first-order chi connectivity index (χ1) is 13.9. The van der Waals surface area contributed by atoms with Crippen molar-refractivity contribution in [3.63, 3.8) is 0 Å². The van der Waals surface area contributed by atoms with Gasteiger partial charge in [0.25, 0.3) is 0 Å². The van der Waals surface area contributed by atoms with E-state index < -0.39 is 5.60 Å². The van der Waals surface area contributed by atoms with E-state index in [1.54, 1.807) is 6.07 Å². The van der Waals surface area contributed by atoms with Crippen molar-refractivity contribution in [3.8, 4) is 0 Å². The van der Waals surface area contributed by atoms with Crippen LogP contribution < -0.4 is 5.32 Å². The van der Waals surface area contributed by atoms with Gasteiger partial charge in [-0.25, -0.2) is 19.6 Å². The van der Waals surface area contributed by atoms with E-state index in [4.69, 9.17) is 4.74 Å². The quantitative estimate of drug-likeness (QED) is 0.786. The van der Waals surface area contributed by atoms with E-state index in [0.717, 1.165) is 18.5 Å². The molecule has 2 aliphatic rings. The van der Waals surface area contributed by atoms with Crippen molar-refractivity contribution in [2.75, 3.05) is 25.0 Å². The molecule has 0 aromatic carbocycles. The molecule has 1 aromatic heterocycles. The molecule has 30 heavy (non-hydrogen) atoms. The molecule has 0 saturated carbocycles. The molecule has 3 heterocycles. The molecule has 166 valence electrons. The highest BCUT2D eigenvalue weighted by Crippen LogP contribution is 2.45. The largest absolute Gasteiger partial charge is 0.444 e. The van der Waals surface area contributed by atoms with Gasteiger partial charge in [0.15, 0.2) is 0 Å². The Balaban J connectivity index is 1.58. The van der Waals surface area contributed by atoms with Gasteiger partial charge in [0.05, 0.1) is 0 Å². The fraction of sp³-hybridized carbons (Fsp3) is 0.727. The molecule has 3 amide bonds. The minimum absolute atomic E-state index is 0.0576. The molecule has 8 heteroatoms. The van der Waals surface area contributed by atoms with Crippen LogP contribution in [0.15, 0.2) is 6.07 Å². The molecule has 2 aliphatic heterocycles. The van der Waals surface area contributed by atoms with E-state index >= 15 is 0 Å². The van der Waals surface area contributed by atoms with Gasteiger partial charge in [0.2, 0.25) is 0 Å². The van der Waals surface area contributed by atoms with Gasteiger partial charge in [0.1, 0.15) is 17.2 Å². The van der Waals surface area contributed by atoms with E-state index in [1.807, 2.05) is 44.4 Å². The number of aryl methyl sites for hydroxylation is 2. The Morgan fingerprint density at radius 2 is 1.80 bits per heavy atom. The monoisotopic (exact) mass is 417 g/mol. The Morgan fingerprint density at radius 3 is 2.33 bits per heavy atom. The van der Waals surface area contributed by atoms with Crippen molar-refractivity contribution < 1.29 is 14.3 Å². The second kappa shape index (κ2) is 8.04. The number of likely N-dealkylation sites (tertiary alicyclic amines) is 2. The molecular weight excluding hydrogens is 382 g/mol. The summed E-state index contributed by atoms with van der Waals surface area (Å²) in [7, 11) is 0. The number of aromatic nitrogens is 2. The molecule has 2 fully saturated rings. The Morgan fingerprint density at radius 1 is 1.17 bits per heavy atom. The number of carbonyl (C=O) groups is 2. The third kappa shape index (κ3) is 5.02. The summed E-state index contributed by atoms with van der Waals surface area (Å²) in [5.41, 5.74) is 0.383. The van der Waals surface area contributed by atoms with Crippen LogP contribution in [0.5, 0.6) is 0 Å². The van der Waals surface area contributed by atoms with Crippen LogP contribution >= 0.6 is 0 Å². The standard InChI is InChI=1S/C22H35N5O3/c1-14-12-17(24-15(2)23-14)25-19(28)26-10-8-16(9-11-26)18-22(6,7)13-27(18)20(29)30-21(3,4)5/h12,16,18H,8-11,13H2,1-7H3,(H,23,24,25,28). The summed E-state index contributed by atoms with van der Waals surface area (Å²) in [6.07, 6.45) is 1.49. The van der Waals surface area contributed by atoms with Crippen LogP contribution in [-0.2, 0) is 4.74 Å². The molecule has 0 aliphatic carbocycles. The Kier molecular flexibility index (Phi) is 5.98. The van der Waals surface area contributed by atoms with Gasteiger partial charge in [-0.05, 0) is 53.4 Å². The molecule has 8 nitrogen and oxygen atoms in total. The predicted molar refractivity (Wildman–Crippen MR) is 115 cm³/mol. The average Bonchev–Trinajstić information content (AvgIpc) is 2.58. The van der Waals surface area contributed by atoms with Crippen molar-refractivity contribution in [1.29, 1.82) is 0 Å². The third-order valence-corrected chi connectivity index (χ3v) is 5.82. The molecule has 1 atom stereocenters. The van der Waals surface area contributed by atoms with Crippen molar-refractivity contribution in [2.45, 2.75) is 73.0 Å². The second-order valence-electron chi connectivity index (χ2n) is 10.2. The predicted octanol–water partition coefficient (Wildman–Crippen LogP) is 3.98. The maximum atomic E-state index is 12.7. The van der Waals surface area contributed by atoms with Gasteiger partial charge >= 0.3 is 12.1 Å². The van der Waals surface area contributed by atoms with Crippen LogP contribution in [0.4, 0.5) is 15.4 Å². The van der Waals surface area contributed by atoms with Crippen LogP contribution in [0, 0.1) is 25.2 Å². The van der Waals surface area contributed by atoms with Crippen molar-refractivity contribution in [3.05, 3.63) is 17.6 Å². The number of piperidine rings is 1. The number of rotatable bonds is 2. The summed E-state index contributed by atoms with van der Waals surface area (Å²) < 4.78 is 5.60. The number of ether oxygens (including phenoxy) is 1. The molecule has 1 N–H and O–H groups in total. The SMILES string of the molecule is Cc1cc(NC(=O)N2CCC(C3N(C(=O)OC(C)(C)C)CC3(C)C)CC2)nc(C)n1. The summed E-state index contributed by atoms with van der Waals surface area (Å²) in [6.45, 7) is 15.8. The first-order valence-electron chi connectivity index (χ1n) is 10.7. The highest BCUT2D eigenvalue weighted by molar-refractivity contribution is 5.88. The molecular formula is C22H35N5O3. The molecule has 2 saturated heterocycles. The van der Waals surface area contributed by atoms with Gasteiger partial charge in [0, 0.05) is 42.9 Å². The number of nitrogens with zero attached hydrogens (tertiary/aromatic N) is 4. The maximum absolute atomic E-state index is 12.7. The van der Waals surface area contributed by atoms with Crippen molar-refractivity contribution >= 4 is 17.9 Å². The van der Waals surface area contributed by atoms with Gasteiger partial charge in [-0.15, -0.1) is 0 Å². The normalized spacial score (nSPS) is 21.8. The van der Waals surface area contributed by atoms with Crippen LogP contribution in [0.2, 0.25) is 0 Å². The van der Waals surface area contributed by atoms with Gasteiger partial charge < -0.3 is 14.5 Å². The second-order valence-corrected chi connectivity index (χ2v) is 10.2. The lowest BCUT2D eigenvalue weighted by molar-refractivity contribution is -0.0937. The number of anilines is 1. The minimum atomic E-state index is -0.499. The summed E-state index contributed by atoms with van der Waals surface area (Å²) in [5.74, 6) is 1.52. The number of carbonyl (C=O) groups excluding carboxylic acids is 2. The van der Waals surface area contributed by atoms with Crippen molar-refractivity contribution in [1.82, 2.24) is 19.8 Å². The van der Waals surface area contributed by atoms with Gasteiger partial charge in [-0.3, -0.25) is 5.32 Å². The summed E-state index contributed by atoms with van der Waals surface area (Å²) >= 11 is 0. The van der Waals surface area contributed by atoms with E-state index in [-0.39, 0.29) is 23.6 Å². The number of hydrogen-bond donors (Lipinski definition) is 1. The summed E-state index contributed by atoms with van der Waals surface area (Å²) in [5, 5.41) is 2.89. The lowest BCUT2D eigenvalue weighted by Crippen LogP contribution is -2.68. The van der Waals surface area contributed by atoms with E-state index in [1.165, 1.54) is 0 Å². The highest BCUT2D eigenvalue weighted by atomic mass is 16.6. The topological polar surface area (TPSA) is 87.7 Å². The van der Waals surface area contributed by atoms with Gasteiger partial charge in [-0.1, -0.05) is 13.8 Å². The zero-order valence-electron chi connectivity index (χ0n) is 19.3. The Bertz CT molecular complexity index is 789. The zero-order valence-corrected chi connectivity index (χ0v) is 19.3. The minimum Gasteiger partial charge on any atom is -0.444 e. The summed E-state index contributed by atoms with van der Waals surface area (Å²) in [6, 6.07) is 1.78. The number of nitrogens with one attached hydrogen (secondary N) is 1. The number of amides is 3. The molecule has 0 spiro atoms. The average molecular weight is 418 g/mol. The fourth-order valence-electron chi connectivity index (χ4n) is 4.72. The lowest BCUT2D eigenvalue weighted by atomic mass is 9.67. The molecule has 0 radical (unpaired) electrons. The first-order valence-corrected chi connectivity index (χ1v) is 10.7. The van der Waals surface area contributed by atoms with Crippen LogP contribution in [0.1, 0.15) is 59.0 Å². The van der Waals surface area contributed by atoms with E-state index in [0.29, 0.717) is 37.2 Å². The smallest absolute Gasteiger partial charge is 0.410 e. The zero-order chi connectivity index (χ0) is 22.3. The third-order valence-electron chi connectivity index (χ3n) is 5.82. The van der Waals surface area contributed by atoms with Crippen molar-refractivity contribution in [2.24, 2.45) is 11.3 Å². The maximum Gasteiger partial charge on any atom is 0.410 e. The molecule has 1 unspecified atom stereocenters. The lowest BCUT2D eigenvalue weighted by Gasteiger charge is -2.58. The fourth-order valence-corrected chi connectivity index (χ4v) is 4.72. The summed E-state index contributed by atoms with van der Waals surface area (Å²) in [4.78, 5) is 37.5. The van der Waals surface area contributed by atoms with Crippen LogP contribution in [0.3, 0.4) is 0 Å². The van der Waals surface area contributed by atoms with E-state index in [2.05, 4.69) is 29.1 Å². The van der Waals surface area contributed by atoms with E-state index in [9.17, 15) is 9.59 Å².